The molecular weight excluding hydrogens is 270 g/mol. The number of carbonyl (C=O) groups is 1. The van der Waals surface area contributed by atoms with Gasteiger partial charge in [0.25, 0.3) is 5.91 Å². The molecule has 0 radical (unpaired) electrons. The Morgan fingerprint density at radius 3 is 2.15 bits per heavy atom. The maximum atomic E-state index is 12.4. The first-order chi connectivity index (χ1) is 9.40. The minimum Gasteiger partial charge on any atom is -0.378 e. The molecule has 0 fully saturated rings. The van der Waals surface area contributed by atoms with Gasteiger partial charge in [-0.3, -0.25) is 9.69 Å². The normalized spacial score (nSPS) is 10.4. The van der Waals surface area contributed by atoms with E-state index in [0.717, 1.165) is 21.4 Å². The van der Waals surface area contributed by atoms with Crippen molar-refractivity contribution in [3.05, 3.63) is 40.4 Å². The van der Waals surface area contributed by atoms with Crippen LogP contribution in [0.2, 0.25) is 0 Å². The zero-order valence-corrected chi connectivity index (χ0v) is 13.3. The third kappa shape index (κ3) is 2.82. The second-order valence-electron chi connectivity index (χ2n) is 4.94. The van der Waals surface area contributed by atoms with Gasteiger partial charge in [0.2, 0.25) is 0 Å². The topological polar surface area (TPSA) is 36.4 Å². The molecule has 4 nitrogen and oxygen atoms in total. The Kier molecular flexibility index (Phi) is 4.09. The maximum Gasteiger partial charge on any atom is 0.259 e. The zero-order valence-electron chi connectivity index (χ0n) is 12.5. The molecule has 0 N–H and O–H groups in total. The standard InChI is InChI=1S/C15H19N3OS/c1-10-11(2)20-15(16-10)18(5)14(19)12-6-8-13(9-7-12)17(3)4/h6-9H,1-5H3. The lowest BCUT2D eigenvalue weighted by atomic mass is 10.2. The van der Waals surface area contributed by atoms with Crippen molar-refractivity contribution in [3.8, 4) is 0 Å². The highest BCUT2D eigenvalue weighted by atomic mass is 32.1. The van der Waals surface area contributed by atoms with Gasteiger partial charge in [0.15, 0.2) is 5.13 Å². The first-order valence-corrected chi connectivity index (χ1v) is 7.21. The Bertz CT molecular complexity index is 597. The van der Waals surface area contributed by atoms with E-state index >= 15 is 0 Å². The van der Waals surface area contributed by atoms with E-state index in [1.54, 1.807) is 11.9 Å². The number of anilines is 2. The number of hydrogen-bond donors (Lipinski definition) is 0. The molecule has 0 atom stereocenters. The van der Waals surface area contributed by atoms with Crippen molar-refractivity contribution in [2.24, 2.45) is 0 Å². The molecule has 2 rings (SSSR count). The predicted octanol–water partition coefficient (Wildman–Crippen LogP) is 3.10. The molecular formula is C15H19N3OS. The molecule has 0 aliphatic heterocycles. The van der Waals surface area contributed by atoms with Crippen LogP contribution < -0.4 is 9.80 Å². The second-order valence-corrected chi connectivity index (χ2v) is 6.13. The Labute approximate surface area is 123 Å². The summed E-state index contributed by atoms with van der Waals surface area (Å²) in [6.07, 6.45) is 0. The first-order valence-electron chi connectivity index (χ1n) is 6.39. The van der Waals surface area contributed by atoms with Gasteiger partial charge >= 0.3 is 0 Å². The summed E-state index contributed by atoms with van der Waals surface area (Å²) in [4.78, 5) is 21.6. The number of rotatable bonds is 3. The summed E-state index contributed by atoms with van der Waals surface area (Å²) < 4.78 is 0. The first kappa shape index (κ1) is 14.5. The van der Waals surface area contributed by atoms with Crippen LogP contribution in [0.25, 0.3) is 0 Å². The minimum atomic E-state index is -0.0379. The van der Waals surface area contributed by atoms with Crippen LogP contribution >= 0.6 is 11.3 Å². The van der Waals surface area contributed by atoms with Crippen molar-refractivity contribution in [1.29, 1.82) is 0 Å². The summed E-state index contributed by atoms with van der Waals surface area (Å²) in [6, 6.07) is 7.59. The third-order valence-electron chi connectivity index (χ3n) is 3.24. The Morgan fingerprint density at radius 1 is 1.10 bits per heavy atom. The van der Waals surface area contributed by atoms with Gasteiger partial charge in [-0.2, -0.15) is 0 Å². The van der Waals surface area contributed by atoms with E-state index in [9.17, 15) is 4.79 Å². The fourth-order valence-electron chi connectivity index (χ4n) is 1.78. The molecule has 0 aliphatic rings. The van der Waals surface area contributed by atoms with E-state index < -0.39 is 0 Å². The highest BCUT2D eigenvalue weighted by molar-refractivity contribution is 7.15. The fraction of sp³-hybridized carbons (Fsp3) is 0.333. The van der Waals surface area contributed by atoms with Crippen molar-refractivity contribution >= 4 is 28.1 Å². The summed E-state index contributed by atoms with van der Waals surface area (Å²) in [5, 5.41) is 0.738. The van der Waals surface area contributed by atoms with Gasteiger partial charge in [-0.25, -0.2) is 4.98 Å². The summed E-state index contributed by atoms with van der Waals surface area (Å²) in [5.41, 5.74) is 2.72. The average molecular weight is 289 g/mol. The zero-order chi connectivity index (χ0) is 14.9. The number of nitrogens with zero attached hydrogens (tertiary/aromatic N) is 3. The van der Waals surface area contributed by atoms with E-state index in [2.05, 4.69) is 4.98 Å². The molecule has 5 heteroatoms. The van der Waals surface area contributed by atoms with Crippen LogP contribution in [-0.2, 0) is 0 Å². The van der Waals surface area contributed by atoms with Crippen molar-refractivity contribution in [2.45, 2.75) is 13.8 Å². The Morgan fingerprint density at radius 2 is 1.70 bits per heavy atom. The molecule has 1 aromatic carbocycles. The van der Waals surface area contributed by atoms with Gasteiger partial charge in [0, 0.05) is 37.3 Å². The van der Waals surface area contributed by atoms with Crippen LogP contribution in [0.15, 0.2) is 24.3 Å². The molecule has 0 bridgehead atoms. The molecule has 0 saturated heterocycles. The van der Waals surface area contributed by atoms with E-state index in [4.69, 9.17) is 0 Å². The number of amides is 1. The van der Waals surface area contributed by atoms with Gasteiger partial charge in [0.05, 0.1) is 5.69 Å². The van der Waals surface area contributed by atoms with Crippen LogP contribution in [0, 0.1) is 13.8 Å². The number of aryl methyl sites for hydroxylation is 2. The number of aromatic nitrogens is 1. The second kappa shape index (κ2) is 5.63. The van der Waals surface area contributed by atoms with Gasteiger partial charge in [-0.1, -0.05) is 0 Å². The number of hydrogen-bond acceptors (Lipinski definition) is 4. The summed E-state index contributed by atoms with van der Waals surface area (Å²) in [7, 11) is 5.72. The van der Waals surface area contributed by atoms with Crippen molar-refractivity contribution in [1.82, 2.24) is 4.98 Å². The maximum absolute atomic E-state index is 12.4. The van der Waals surface area contributed by atoms with E-state index in [0.29, 0.717) is 5.56 Å². The van der Waals surface area contributed by atoms with Crippen LogP contribution in [-0.4, -0.2) is 32.0 Å². The summed E-state index contributed by atoms with van der Waals surface area (Å²) >= 11 is 1.54. The average Bonchev–Trinajstić information content (AvgIpc) is 2.77. The smallest absolute Gasteiger partial charge is 0.259 e. The van der Waals surface area contributed by atoms with Gasteiger partial charge in [-0.05, 0) is 38.1 Å². The highest BCUT2D eigenvalue weighted by Gasteiger charge is 2.17. The quantitative estimate of drug-likeness (QED) is 0.871. The number of carbonyl (C=O) groups excluding carboxylic acids is 1. The molecule has 2 aromatic rings. The number of thiazole rings is 1. The molecule has 0 unspecified atom stereocenters. The molecule has 1 aromatic heterocycles. The lowest BCUT2D eigenvalue weighted by molar-refractivity contribution is 0.0993. The van der Waals surface area contributed by atoms with E-state index in [-0.39, 0.29) is 5.91 Å². The molecule has 1 heterocycles. The monoisotopic (exact) mass is 289 g/mol. The molecule has 106 valence electrons. The van der Waals surface area contributed by atoms with Crippen molar-refractivity contribution in [2.75, 3.05) is 30.9 Å². The van der Waals surface area contributed by atoms with Gasteiger partial charge in [0.1, 0.15) is 0 Å². The summed E-state index contributed by atoms with van der Waals surface area (Å²) in [5.74, 6) is -0.0379. The SMILES string of the molecule is Cc1nc(N(C)C(=O)c2ccc(N(C)C)cc2)sc1C. The minimum absolute atomic E-state index is 0.0379. The van der Waals surface area contributed by atoms with Crippen LogP contribution in [0.3, 0.4) is 0 Å². The van der Waals surface area contributed by atoms with E-state index in [1.807, 2.05) is 57.1 Å². The molecule has 0 spiro atoms. The third-order valence-corrected chi connectivity index (χ3v) is 4.39. The van der Waals surface area contributed by atoms with E-state index in [1.165, 1.54) is 11.3 Å². The van der Waals surface area contributed by atoms with Crippen molar-refractivity contribution < 1.29 is 4.79 Å². The molecule has 20 heavy (non-hydrogen) atoms. The Hall–Kier alpha value is -1.88. The molecule has 1 amide bonds. The van der Waals surface area contributed by atoms with Crippen LogP contribution in [0.1, 0.15) is 20.9 Å². The number of benzene rings is 1. The molecule has 0 aliphatic carbocycles. The fourth-order valence-corrected chi connectivity index (χ4v) is 2.65. The predicted molar refractivity (Wildman–Crippen MR) is 85.1 cm³/mol. The van der Waals surface area contributed by atoms with Crippen LogP contribution in [0.5, 0.6) is 0 Å². The van der Waals surface area contributed by atoms with Gasteiger partial charge < -0.3 is 4.90 Å². The lowest BCUT2D eigenvalue weighted by Crippen LogP contribution is -2.26. The lowest BCUT2D eigenvalue weighted by Gasteiger charge is -2.16. The van der Waals surface area contributed by atoms with Gasteiger partial charge in [-0.15, -0.1) is 11.3 Å². The largest absolute Gasteiger partial charge is 0.378 e. The summed E-state index contributed by atoms with van der Waals surface area (Å²) in [6.45, 7) is 3.97. The van der Waals surface area contributed by atoms with Crippen LogP contribution in [0.4, 0.5) is 10.8 Å². The highest BCUT2D eigenvalue weighted by Crippen LogP contribution is 2.25. The molecule has 0 saturated carbocycles. The van der Waals surface area contributed by atoms with Crippen molar-refractivity contribution in [3.63, 3.8) is 0 Å². The Balaban J connectivity index is 2.22.